The van der Waals surface area contributed by atoms with Crippen molar-refractivity contribution in [3.8, 4) is 0 Å². The van der Waals surface area contributed by atoms with E-state index >= 15 is 0 Å². The van der Waals surface area contributed by atoms with Crippen molar-refractivity contribution in [2.75, 3.05) is 6.61 Å². The molecule has 1 aliphatic heterocycles. The van der Waals surface area contributed by atoms with Gasteiger partial charge < -0.3 is 14.4 Å². The number of hydrogen-bond donors (Lipinski definition) is 1. The van der Waals surface area contributed by atoms with Crippen molar-refractivity contribution < 1.29 is 14.4 Å². The zero-order valence-corrected chi connectivity index (χ0v) is 10.8. The molecule has 1 aromatic rings. The second-order valence-electron chi connectivity index (χ2n) is 5.64. The maximum Gasteiger partial charge on any atom is 0.229 e. The van der Waals surface area contributed by atoms with Gasteiger partial charge in [-0.15, -0.1) is 0 Å². The summed E-state index contributed by atoms with van der Waals surface area (Å²) in [6.45, 7) is 2.80. The molecule has 0 bridgehead atoms. The molecule has 1 unspecified atom stereocenters. The molecular weight excluding hydrogens is 232 g/mol. The Hall–Kier alpha value is -0.940. The third-order valence-electron chi connectivity index (χ3n) is 4.18. The standard InChI is InChI=1S/C13H20N2O3/c1-13(7-2-8-17-13)12-14-11(18-15-12)9-3-5-10(16)6-4-9/h9-10,16H,2-8H2,1H3. The molecule has 0 spiro atoms. The van der Waals surface area contributed by atoms with Gasteiger partial charge in [0.25, 0.3) is 0 Å². The highest BCUT2D eigenvalue weighted by Crippen LogP contribution is 2.36. The van der Waals surface area contributed by atoms with E-state index in [4.69, 9.17) is 9.26 Å². The monoisotopic (exact) mass is 252 g/mol. The van der Waals surface area contributed by atoms with E-state index in [0.29, 0.717) is 17.6 Å². The Morgan fingerprint density at radius 2 is 2.06 bits per heavy atom. The average molecular weight is 252 g/mol. The molecule has 3 rings (SSSR count). The van der Waals surface area contributed by atoms with Crippen LogP contribution in [0.25, 0.3) is 0 Å². The van der Waals surface area contributed by atoms with Crippen LogP contribution in [0.5, 0.6) is 0 Å². The van der Waals surface area contributed by atoms with Gasteiger partial charge >= 0.3 is 0 Å². The third kappa shape index (κ3) is 2.17. The summed E-state index contributed by atoms with van der Waals surface area (Å²) >= 11 is 0. The van der Waals surface area contributed by atoms with Gasteiger partial charge in [-0.3, -0.25) is 0 Å². The van der Waals surface area contributed by atoms with E-state index < -0.39 is 0 Å². The molecule has 1 N–H and O–H groups in total. The molecule has 18 heavy (non-hydrogen) atoms. The van der Waals surface area contributed by atoms with E-state index in [-0.39, 0.29) is 11.7 Å². The lowest BCUT2D eigenvalue weighted by Crippen LogP contribution is -2.22. The smallest absolute Gasteiger partial charge is 0.229 e. The number of aliphatic hydroxyl groups is 1. The zero-order chi connectivity index (χ0) is 12.6. The fourth-order valence-electron chi connectivity index (χ4n) is 2.89. The van der Waals surface area contributed by atoms with Crippen molar-refractivity contribution in [2.45, 2.75) is 63.1 Å². The zero-order valence-electron chi connectivity index (χ0n) is 10.8. The summed E-state index contributed by atoms with van der Waals surface area (Å²) in [5, 5.41) is 13.6. The number of rotatable bonds is 2. The molecule has 1 aliphatic carbocycles. The van der Waals surface area contributed by atoms with Gasteiger partial charge in [-0.25, -0.2) is 0 Å². The summed E-state index contributed by atoms with van der Waals surface area (Å²) in [5.74, 6) is 1.70. The average Bonchev–Trinajstić information content (AvgIpc) is 2.99. The summed E-state index contributed by atoms with van der Waals surface area (Å²) in [5.41, 5.74) is -0.365. The molecule has 2 heterocycles. The summed E-state index contributed by atoms with van der Waals surface area (Å²) in [7, 11) is 0. The highest BCUT2D eigenvalue weighted by atomic mass is 16.5. The first kappa shape index (κ1) is 12.1. The molecule has 5 nitrogen and oxygen atoms in total. The highest BCUT2D eigenvalue weighted by Gasteiger charge is 2.37. The molecule has 5 heteroatoms. The predicted molar refractivity (Wildman–Crippen MR) is 64.1 cm³/mol. The SMILES string of the molecule is CC1(c2noc(C3CCC(O)CC3)n2)CCCO1. The number of nitrogens with zero attached hydrogens (tertiary/aromatic N) is 2. The van der Waals surface area contributed by atoms with Gasteiger partial charge in [0.15, 0.2) is 0 Å². The van der Waals surface area contributed by atoms with Crippen LogP contribution in [0, 0.1) is 0 Å². The molecule has 0 amide bonds. The Labute approximate surface area is 107 Å². The normalized spacial score (nSPS) is 37.0. The van der Waals surface area contributed by atoms with Crippen molar-refractivity contribution >= 4 is 0 Å². The summed E-state index contributed by atoms with van der Waals surface area (Å²) in [6.07, 6.45) is 5.37. The Morgan fingerprint density at radius 3 is 2.72 bits per heavy atom. The number of aliphatic hydroxyl groups excluding tert-OH is 1. The lowest BCUT2D eigenvalue weighted by molar-refractivity contribution is 0.00768. The van der Waals surface area contributed by atoms with E-state index in [2.05, 4.69) is 10.1 Å². The van der Waals surface area contributed by atoms with Crippen LogP contribution in [0.15, 0.2) is 4.52 Å². The first-order valence-electron chi connectivity index (χ1n) is 6.83. The van der Waals surface area contributed by atoms with Crippen LogP contribution in [0.3, 0.4) is 0 Å². The topological polar surface area (TPSA) is 68.4 Å². The Morgan fingerprint density at radius 1 is 1.28 bits per heavy atom. The van der Waals surface area contributed by atoms with Gasteiger partial charge in [0.1, 0.15) is 5.60 Å². The van der Waals surface area contributed by atoms with Crippen LogP contribution in [0.2, 0.25) is 0 Å². The first-order valence-corrected chi connectivity index (χ1v) is 6.83. The molecule has 1 saturated heterocycles. The minimum absolute atomic E-state index is 0.153. The molecule has 0 aromatic carbocycles. The number of hydrogen-bond acceptors (Lipinski definition) is 5. The largest absolute Gasteiger partial charge is 0.393 e. The second kappa shape index (κ2) is 4.63. The maximum absolute atomic E-state index is 9.51. The third-order valence-corrected chi connectivity index (χ3v) is 4.18. The second-order valence-corrected chi connectivity index (χ2v) is 5.64. The Kier molecular flexibility index (Phi) is 3.11. The van der Waals surface area contributed by atoms with Gasteiger partial charge in [0, 0.05) is 12.5 Å². The molecule has 0 radical (unpaired) electrons. The summed E-state index contributed by atoms with van der Waals surface area (Å²) < 4.78 is 11.1. The van der Waals surface area contributed by atoms with Crippen molar-refractivity contribution in [3.05, 3.63) is 11.7 Å². The van der Waals surface area contributed by atoms with Gasteiger partial charge in [0.2, 0.25) is 11.7 Å². The van der Waals surface area contributed by atoms with E-state index in [9.17, 15) is 5.11 Å². The maximum atomic E-state index is 9.51. The number of ether oxygens (including phenoxy) is 1. The fourth-order valence-corrected chi connectivity index (χ4v) is 2.89. The van der Waals surface area contributed by atoms with Crippen LogP contribution < -0.4 is 0 Å². The van der Waals surface area contributed by atoms with E-state index in [1.807, 2.05) is 6.92 Å². The Balaban J connectivity index is 1.73. The first-order chi connectivity index (χ1) is 8.67. The van der Waals surface area contributed by atoms with Gasteiger partial charge in [0.05, 0.1) is 6.10 Å². The van der Waals surface area contributed by atoms with Crippen LogP contribution >= 0.6 is 0 Å². The fraction of sp³-hybridized carbons (Fsp3) is 0.846. The van der Waals surface area contributed by atoms with E-state index in [1.54, 1.807) is 0 Å². The van der Waals surface area contributed by atoms with Gasteiger partial charge in [-0.05, 0) is 45.4 Å². The molecular formula is C13H20N2O3. The Bertz CT molecular complexity index is 404. The van der Waals surface area contributed by atoms with Gasteiger partial charge in [-0.2, -0.15) is 4.98 Å². The van der Waals surface area contributed by atoms with E-state index in [0.717, 1.165) is 45.1 Å². The van der Waals surface area contributed by atoms with E-state index in [1.165, 1.54) is 0 Å². The van der Waals surface area contributed by atoms with Crippen LogP contribution in [-0.4, -0.2) is 28.0 Å². The van der Waals surface area contributed by atoms with Crippen LogP contribution in [0.1, 0.15) is 63.1 Å². The van der Waals surface area contributed by atoms with Crippen LogP contribution in [-0.2, 0) is 10.3 Å². The van der Waals surface area contributed by atoms with Crippen molar-refractivity contribution in [1.82, 2.24) is 10.1 Å². The summed E-state index contributed by atoms with van der Waals surface area (Å²) in [6, 6.07) is 0. The van der Waals surface area contributed by atoms with Crippen molar-refractivity contribution in [2.24, 2.45) is 0 Å². The molecule has 2 fully saturated rings. The predicted octanol–water partition coefficient (Wildman–Crippen LogP) is 2.11. The molecule has 1 atom stereocenters. The summed E-state index contributed by atoms with van der Waals surface area (Å²) in [4.78, 5) is 4.53. The lowest BCUT2D eigenvalue weighted by atomic mass is 9.87. The minimum Gasteiger partial charge on any atom is -0.393 e. The molecule has 100 valence electrons. The van der Waals surface area contributed by atoms with Crippen molar-refractivity contribution in [1.29, 1.82) is 0 Å². The molecule has 2 aliphatic rings. The van der Waals surface area contributed by atoms with Crippen LogP contribution in [0.4, 0.5) is 0 Å². The number of aromatic nitrogens is 2. The molecule has 1 aromatic heterocycles. The quantitative estimate of drug-likeness (QED) is 0.873. The highest BCUT2D eigenvalue weighted by molar-refractivity contribution is 5.04. The van der Waals surface area contributed by atoms with Crippen molar-refractivity contribution in [3.63, 3.8) is 0 Å². The lowest BCUT2D eigenvalue weighted by Gasteiger charge is -2.22. The molecule has 1 saturated carbocycles. The minimum atomic E-state index is -0.365. The van der Waals surface area contributed by atoms with Gasteiger partial charge in [-0.1, -0.05) is 5.16 Å².